The monoisotopic (exact) mass is 547 g/mol. The molecule has 0 spiro atoms. The average Bonchev–Trinajstić information content (AvgIpc) is 3.20. The number of hydrogen-bond donors (Lipinski definition) is 2. The van der Waals surface area contributed by atoms with E-state index in [4.69, 9.17) is 27.9 Å². The maximum absolute atomic E-state index is 12.8. The van der Waals surface area contributed by atoms with Crippen LogP contribution in [0.5, 0.6) is 5.75 Å². The van der Waals surface area contributed by atoms with Gasteiger partial charge in [-0.3, -0.25) is 20.4 Å². The molecule has 1 aliphatic rings. The number of ether oxygens (including phenoxy) is 1. The highest BCUT2D eigenvalue weighted by atomic mass is 79.9. The standard InChI is InChI=1S/C24H20BrCl2N3O3/c25-16-9-10-22(33-14-18-19(26)7-4-8-20(18)27)21(12-16)28-29-24(32)15-11-23(31)30(13-15)17-5-2-1-3-6-17/h1-10,12,15,28H,11,13-14H2,(H,29,32)/t15-/m0/s1. The van der Waals surface area contributed by atoms with Gasteiger partial charge in [-0.1, -0.05) is 63.4 Å². The quantitative estimate of drug-likeness (QED) is 0.364. The second-order valence-corrected chi connectivity index (χ2v) is 9.21. The summed E-state index contributed by atoms with van der Waals surface area (Å²) in [6.07, 6.45) is 0.148. The molecule has 1 heterocycles. The van der Waals surface area contributed by atoms with E-state index in [2.05, 4.69) is 26.8 Å². The summed E-state index contributed by atoms with van der Waals surface area (Å²) in [6.45, 7) is 0.481. The molecule has 1 fully saturated rings. The summed E-state index contributed by atoms with van der Waals surface area (Å²) in [5.41, 5.74) is 7.62. The van der Waals surface area contributed by atoms with Gasteiger partial charge in [-0.15, -0.1) is 0 Å². The number of rotatable bonds is 7. The highest BCUT2D eigenvalue weighted by Crippen LogP contribution is 2.31. The van der Waals surface area contributed by atoms with Crippen LogP contribution in [0.4, 0.5) is 11.4 Å². The number of benzene rings is 3. The van der Waals surface area contributed by atoms with Crippen LogP contribution in [-0.2, 0) is 16.2 Å². The van der Waals surface area contributed by atoms with Crippen LogP contribution in [0.25, 0.3) is 0 Å². The molecule has 1 aliphatic heterocycles. The minimum atomic E-state index is -0.469. The van der Waals surface area contributed by atoms with Crippen molar-refractivity contribution in [3.63, 3.8) is 0 Å². The topological polar surface area (TPSA) is 70.7 Å². The molecule has 0 unspecified atom stereocenters. The number of hydrazine groups is 1. The molecule has 9 heteroatoms. The Labute approximate surface area is 209 Å². The summed E-state index contributed by atoms with van der Waals surface area (Å²) in [4.78, 5) is 26.8. The zero-order chi connectivity index (χ0) is 23.4. The van der Waals surface area contributed by atoms with Gasteiger partial charge in [0.2, 0.25) is 11.8 Å². The third-order valence-corrected chi connectivity index (χ3v) is 6.46. The first kappa shape index (κ1) is 23.4. The first-order valence-electron chi connectivity index (χ1n) is 10.2. The lowest BCUT2D eigenvalue weighted by molar-refractivity contribution is -0.125. The van der Waals surface area contributed by atoms with Crippen LogP contribution in [0.2, 0.25) is 10.0 Å². The molecule has 0 radical (unpaired) electrons. The second-order valence-electron chi connectivity index (χ2n) is 7.48. The molecule has 0 aromatic heterocycles. The largest absolute Gasteiger partial charge is 0.487 e. The van der Waals surface area contributed by atoms with Crippen molar-refractivity contribution in [1.82, 2.24) is 5.43 Å². The van der Waals surface area contributed by atoms with Gasteiger partial charge in [0.05, 0.1) is 11.6 Å². The highest BCUT2D eigenvalue weighted by Gasteiger charge is 2.35. The Morgan fingerprint density at radius 2 is 1.79 bits per heavy atom. The third-order valence-electron chi connectivity index (χ3n) is 5.26. The van der Waals surface area contributed by atoms with Crippen LogP contribution >= 0.6 is 39.1 Å². The zero-order valence-corrected chi connectivity index (χ0v) is 20.5. The van der Waals surface area contributed by atoms with Crippen molar-refractivity contribution in [2.75, 3.05) is 16.9 Å². The predicted octanol–water partition coefficient (Wildman–Crippen LogP) is 5.83. The molecule has 6 nitrogen and oxygen atoms in total. The molecular weight excluding hydrogens is 529 g/mol. The lowest BCUT2D eigenvalue weighted by atomic mass is 10.1. The number of nitrogens with zero attached hydrogens (tertiary/aromatic N) is 1. The van der Waals surface area contributed by atoms with E-state index in [1.54, 1.807) is 35.2 Å². The van der Waals surface area contributed by atoms with E-state index in [0.717, 1.165) is 10.2 Å². The van der Waals surface area contributed by atoms with Crippen molar-refractivity contribution in [3.8, 4) is 5.75 Å². The smallest absolute Gasteiger partial charge is 0.243 e. The van der Waals surface area contributed by atoms with Crippen LogP contribution in [0, 0.1) is 5.92 Å². The highest BCUT2D eigenvalue weighted by molar-refractivity contribution is 9.10. The Bertz CT molecular complexity index is 1160. The molecule has 0 aliphatic carbocycles. The van der Waals surface area contributed by atoms with Gasteiger partial charge in [0.1, 0.15) is 12.4 Å². The maximum atomic E-state index is 12.8. The van der Waals surface area contributed by atoms with Crippen molar-refractivity contribution < 1.29 is 14.3 Å². The van der Waals surface area contributed by atoms with Gasteiger partial charge < -0.3 is 9.64 Å². The average molecular weight is 549 g/mol. The Kier molecular flexibility index (Phi) is 7.42. The van der Waals surface area contributed by atoms with Gasteiger partial charge in [-0.2, -0.15) is 0 Å². The summed E-state index contributed by atoms with van der Waals surface area (Å²) < 4.78 is 6.72. The zero-order valence-electron chi connectivity index (χ0n) is 17.4. The number of amides is 2. The molecule has 2 N–H and O–H groups in total. The fourth-order valence-corrected chi connectivity index (χ4v) is 4.39. The van der Waals surface area contributed by atoms with Crippen molar-refractivity contribution in [3.05, 3.63) is 86.8 Å². The Morgan fingerprint density at radius 1 is 1.06 bits per heavy atom. The van der Waals surface area contributed by atoms with E-state index < -0.39 is 5.92 Å². The van der Waals surface area contributed by atoms with Crippen LogP contribution in [0.15, 0.2) is 71.2 Å². The first-order chi connectivity index (χ1) is 15.9. The summed E-state index contributed by atoms with van der Waals surface area (Å²) >= 11 is 15.9. The molecule has 3 aromatic carbocycles. The Hall–Kier alpha value is -2.74. The van der Waals surface area contributed by atoms with Crippen LogP contribution in [-0.4, -0.2) is 18.4 Å². The van der Waals surface area contributed by atoms with Crippen LogP contribution < -0.4 is 20.5 Å². The number of anilines is 2. The summed E-state index contributed by atoms with van der Waals surface area (Å²) in [7, 11) is 0. The number of halogens is 3. The van der Waals surface area contributed by atoms with Crippen molar-refractivity contribution in [2.24, 2.45) is 5.92 Å². The number of nitrogens with one attached hydrogen (secondary N) is 2. The Balaban J connectivity index is 1.40. The number of para-hydroxylation sites is 1. The normalized spacial score (nSPS) is 15.4. The molecule has 0 saturated carbocycles. The minimum Gasteiger partial charge on any atom is -0.487 e. The van der Waals surface area contributed by atoms with Crippen LogP contribution in [0.1, 0.15) is 12.0 Å². The third kappa shape index (κ3) is 5.61. The second kappa shape index (κ2) is 10.5. The van der Waals surface area contributed by atoms with Gasteiger partial charge >= 0.3 is 0 Å². The molecule has 0 bridgehead atoms. The minimum absolute atomic E-state index is 0.0792. The van der Waals surface area contributed by atoms with Gasteiger partial charge in [0.25, 0.3) is 0 Å². The fraction of sp³-hybridized carbons (Fsp3) is 0.167. The predicted molar refractivity (Wildman–Crippen MR) is 134 cm³/mol. The van der Waals surface area contributed by atoms with E-state index >= 15 is 0 Å². The molecule has 3 aromatic rings. The van der Waals surface area contributed by atoms with Gasteiger partial charge in [-0.05, 0) is 42.5 Å². The van der Waals surface area contributed by atoms with Crippen molar-refractivity contribution in [1.29, 1.82) is 0 Å². The summed E-state index contributed by atoms with van der Waals surface area (Å²) in [5.74, 6) is -0.321. The van der Waals surface area contributed by atoms with E-state index in [1.807, 2.05) is 36.4 Å². The fourth-order valence-electron chi connectivity index (χ4n) is 3.52. The molecule has 33 heavy (non-hydrogen) atoms. The molecule has 2 amide bonds. The van der Waals surface area contributed by atoms with E-state index in [1.165, 1.54) is 0 Å². The van der Waals surface area contributed by atoms with Gasteiger partial charge in [0, 0.05) is 38.7 Å². The number of hydrogen-bond acceptors (Lipinski definition) is 4. The van der Waals surface area contributed by atoms with E-state index in [9.17, 15) is 9.59 Å². The van der Waals surface area contributed by atoms with E-state index in [0.29, 0.717) is 33.6 Å². The molecular formula is C24H20BrCl2N3O3. The SMILES string of the molecule is O=C(NNc1cc(Br)ccc1OCc1c(Cl)cccc1Cl)[C@H]1CC(=O)N(c2ccccc2)C1. The van der Waals surface area contributed by atoms with Crippen molar-refractivity contribution in [2.45, 2.75) is 13.0 Å². The molecule has 1 atom stereocenters. The number of carbonyl (C=O) groups excluding carboxylic acids is 2. The first-order valence-corrected chi connectivity index (χ1v) is 11.7. The molecule has 1 saturated heterocycles. The lowest BCUT2D eigenvalue weighted by Gasteiger charge is -2.18. The molecule has 4 rings (SSSR count). The van der Waals surface area contributed by atoms with Crippen LogP contribution in [0.3, 0.4) is 0 Å². The van der Waals surface area contributed by atoms with E-state index in [-0.39, 0.29) is 24.8 Å². The summed E-state index contributed by atoms with van der Waals surface area (Å²) in [6, 6.07) is 19.9. The lowest BCUT2D eigenvalue weighted by Crippen LogP contribution is -2.36. The Morgan fingerprint density at radius 3 is 2.52 bits per heavy atom. The molecule has 170 valence electrons. The van der Waals surface area contributed by atoms with Crippen molar-refractivity contribution >= 4 is 62.3 Å². The van der Waals surface area contributed by atoms with Gasteiger partial charge in [-0.25, -0.2) is 0 Å². The maximum Gasteiger partial charge on any atom is 0.243 e. The summed E-state index contributed by atoms with van der Waals surface area (Å²) in [5, 5.41) is 1.02. The number of carbonyl (C=O) groups is 2. The van der Waals surface area contributed by atoms with Gasteiger partial charge in [0.15, 0.2) is 0 Å².